The van der Waals surface area contributed by atoms with E-state index in [-0.39, 0.29) is 12.5 Å². The van der Waals surface area contributed by atoms with Gasteiger partial charge >= 0.3 is 12.0 Å². The number of likely N-dealkylation sites (tertiary alicyclic amines) is 1. The molecule has 1 fully saturated rings. The van der Waals surface area contributed by atoms with E-state index in [1.807, 2.05) is 0 Å². The van der Waals surface area contributed by atoms with Crippen LogP contribution < -0.4 is 5.32 Å². The number of methoxy groups -OCH3 is 1. The number of terminal acetylenes is 1. The van der Waals surface area contributed by atoms with Gasteiger partial charge in [-0.25, -0.2) is 9.59 Å². The Kier molecular flexibility index (Phi) is 5.46. The van der Waals surface area contributed by atoms with Crippen LogP contribution in [0.2, 0.25) is 0 Å². The highest BCUT2D eigenvalue weighted by Crippen LogP contribution is 2.12. The summed E-state index contributed by atoms with van der Waals surface area (Å²) in [6.45, 7) is 1.08. The SMILES string of the molecule is C#CCC(NC(=O)N1CCCC(OC)C1)C(=O)O. The van der Waals surface area contributed by atoms with Gasteiger partial charge in [0.25, 0.3) is 0 Å². The Morgan fingerprint density at radius 1 is 1.67 bits per heavy atom. The largest absolute Gasteiger partial charge is 0.480 e. The molecule has 0 aromatic heterocycles. The lowest BCUT2D eigenvalue weighted by molar-refractivity contribution is -0.139. The predicted molar refractivity (Wildman–Crippen MR) is 65.0 cm³/mol. The maximum atomic E-state index is 11.9. The first-order valence-electron chi connectivity index (χ1n) is 5.83. The summed E-state index contributed by atoms with van der Waals surface area (Å²) in [6, 6.07) is -1.44. The van der Waals surface area contributed by atoms with Gasteiger partial charge in [0.1, 0.15) is 6.04 Å². The van der Waals surface area contributed by atoms with Crippen LogP contribution >= 0.6 is 0 Å². The molecule has 2 amide bonds. The van der Waals surface area contributed by atoms with Crippen LogP contribution in [0, 0.1) is 12.3 Å². The summed E-state index contributed by atoms with van der Waals surface area (Å²) in [6.07, 6.45) is 6.81. The van der Waals surface area contributed by atoms with Gasteiger partial charge in [-0.3, -0.25) is 0 Å². The van der Waals surface area contributed by atoms with Crippen molar-refractivity contribution in [1.29, 1.82) is 0 Å². The zero-order valence-electron chi connectivity index (χ0n) is 10.4. The van der Waals surface area contributed by atoms with Gasteiger partial charge in [0.2, 0.25) is 0 Å². The van der Waals surface area contributed by atoms with Gasteiger partial charge in [0.05, 0.1) is 6.10 Å². The van der Waals surface area contributed by atoms with Gasteiger partial charge in [-0.1, -0.05) is 0 Å². The quantitative estimate of drug-likeness (QED) is 0.706. The second kappa shape index (κ2) is 6.87. The van der Waals surface area contributed by atoms with Crippen molar-refractivity contribution in [2.24, 2.45) is 0 Å². The first kappa shape index (κ1) is 14.3. The van der Waals surface area contributed by atoms with Crippen LogP contribution in [0.4, 0.5) is 4.79 Å². The normalized spacial score (nSPS) is 20.9. The molecule has 0 saturated carbocycles. The lowest BCUT2D eigenvalue weighted by atomic mass is 10.1. The van der Waals surface area contributed by atoms with Crippen molar-refractivity contribution >= 4 is 12.0 Å². The van der Waals surface area contributed by atoms with E-state index in [1.54, 1.807) is 12.0 Å². The molecule has 2 N–H and O–H groups in total. The number of nitrogens with one attached hydrogen (secondary N) is 1. The number of carboxylic acids is 1. The first-order chi connectivity index (χ1) is 8.58. The van der Waals surface area contributed by atoms with Gasteiger partial charge in [-0.15, -0.1) is 12.3 Å². The van der Waals surface area contributed by atoms with E-state index in [0.717, 1.165) is 12.8 Å². The molecule has 6 heteroatoms. The molecule has 2 atom stereocenters. The van der Waals surface area contributed by atoms with Gasteiger partial charge in [0.15, 0.2) is 0 Å². The minimum Gasteiger partial charge on any atom is -0.480 e. The predicted octanol–water partition coefficient (Wildman–Crippen LogP) is 0.283. The number of amides is 2. The van der Waals surface area contributed by atoms with Crippen molar-refractivity contribution in [3.63, 3.8) is 0 Å². The van der Waals surface area contributed by atoms with Crippen LogP contribution in [-0.2, 0) is 9.53 Å². The first-order valence-corrected chi connectivity index (χ1v) is 5.83. The summed E-state index contributed by atoms with van der Waals surface area (Å²) in [5.41, 5.74) is 0. The van der Waals surface area contributed by atoms with Gasteiger partial charge in [-0.2, -0.15) is 0 Å². The summed E-state index contributed by atoms with van der Waals surface area (Å²) < 4.78 is 5.20. The highest BCUT2D eigenvalue weighted by atomic mass is 16.5. The Hall–Kier alpha value is -1.74. The Morgan fingerprint density at radius 3 is 2.94 bits per heavy atom. The number of nitrogens with zero attached hydrogens (tertiary/aromatic N) is 1. The molecule has 1 rings (SSSR count). The lowest BCUT2D eigenvalue weighted by Gasteiger charge is -2.32. The van der Waals surface area contributed by atoms with Gasteiger partial charge in [0, 0.05) is 26.6 Å². The molecule has 18 heavy (non-hydrogen) atoms. The Balaban J connectivity index is 2.53. The minimum atomic E-state index is -1.12. The van der Waals surface area contributed by atoms with E-state index >= 15 is 0 Å². The van der Waals surface area contributed by atoms with Crippen molar-refractivity contribution in [2.45, 2.75) is 31.4 Å². The van der Waals surface area contributed by atoms with Crippen LogP contribution in [-0.4, -0.2) is 54.4 Å². The van der Waals surface area contributed by atoms with E-state index in [2.05, 4.69) is 11.2 Å². The summed E-state index contributed by atoms with van der Waals surface area (Å²) in [5.74, 6) is 1.12. The van der Waals surface area contributed by atoms with Crippen LogP contribution in [0.1, 0.15) is 19.3 Å². The molecule has 0 bridgehead atoms. The average Bonchev–Trinajstić information content (AvgIpc) is 2.38. The number of aliphatic carboxylic acids is 1. The molecule has 0 spiro atoms. The third-order valence-corrected chi connectivity index (χ3v) is 2.92. The number of carbonyl (C=O) groups excluding carboxylic acids is 1. The molecule has 1 aliphatic rings. The van der Waals surface area contributed by atoms with E-state index in [4.69, 9.17) is 16.3 Å². The van der Waals surface area contributed by atoms with Crippen LogP contribution in [0.25, 0.3) is 0 Å². The summed E-state index contributed by atoms with van der Waals surface area (Å²) in [5, 5.41) is 11.3. The van der Waals surface area contributed by atoms with Crippen molar-refractivity contribution in [1.82, 2.24) is 10.2 Å². The highest BCUT2D eigenvalue weighted by Gasteiger charge is 2.26. The third-order valence-electron chi connectivity index (χ3n) is 2.92. The number of rotatable bonds is 4. The van der Waals surface area contributed by atoms with Gasteiger partial charge < -0.3 is 20.1 Å². The topological polar surface area (TPSA) is 78.9 Å². The van der Waals surface area contributed by atoms with Crippen LogP contribution in [0.15, 0.2) is 0 Å². The maximum Gasteiger partial charge on any atom is 0.327 e. The fourth-order valence-electron chi connectivity index (χ4n) is 1.87. The highest BCUT2D eigenvalue weighted by molar-refractivity contribution is 5.82. The number of urea groups is 1. The molecule has 6 nitrogen and oxygen atoms in total. The van der Waals surface area contributed by atoms with Crippen molar-refractivity contribution in [3.05, 3.63) is 0 Å². The number of hydrogen-bond donors (Lipinski definition) is 2. The average molecular weight is 254 g/mol. The monoisotopic (exact) mass is 254 g/mol. The summed E-state index contributed by atoms with van der Waals surface area (Å²) >= 11 is 0. The number of hydrogen-bond acceptors (Lipinski definition) is 3. The zero-order valence-corrected chi connectivity index (χ0v) is 10.4. The van der Waals surface area contributed by atoms with Crippen molar-refractivity contribution in [3.8, 4) is 12.3 Å². The molecule has 0 aromatic rings. The Morgan fingerprint density at radius 2 is 2.39 bits per heavy atom. The number of carboxylic acid groups (broad SMARTS) is 1. The minimum absolute atomic E-state index is 0.0143. The molecule has 1 aliphatic heterocycles. The van der Waals surface area contributed by atoms with Crippen LogP contribution in [0.3, 0.4) is 0 Å². The summed E-state index contributed by atoms with van der Waals surface area (Å²) in [7, 11) is 1.60. The summed E-state index contributed by atoms with van der Waals surface area (Å²) in [4.78, 5) is 24.3. The van der Waals surface area contributed by atoms with E-state index in [9.17, 15) is 9.59 Å². The fourth-order valence-corrected chi connectivity index (χ4v) is 1.87. The molecule has 1 heterocycles. The van der Waals surface area contributed by atoms with Crippen molar-refractivity contribution < 1.29 is 19.4 Å². The van der Waals surface area contributed by atoms with Crippen molar-refractivity contribution in [2.75, 3.05) is 20.2 Å². The van der Waals surface area contributed by atoms with E-state index in [1.165, 1.54) is 0 Å². The lowest BCUT2D eigenvalue weighted by Crippen LogP contribution is -2.51. The van der Waals surface area contributed by atoms with Gasteiger partial charge in [-0.05, 0) is 12.8 Å². The smallest absolute Gasteiger partial charge is 0.327 e. The van der Waals surface area contributed by atoms with E-state index in [0.29, 0.717) is 13.1 Å². The molecule has 0 aliphatic carbocycles. The zero-order chi connectivity index (χ0) is 13.5. The van der Waals surface area contributed by atoms with E-state index < -0.39 is 18.0 Å². The standard InChI is InChI=1S/C12H18N2O4/c1-3-5-10(11(15)16)13-12(17)14-7-4-6-9(8-14)18-2/h1,9-10H,4-8H2,2H3,(H,13,17)(H,15,16). The Labute approximate surface area is 106 Å². The number of piperidine rings is 1. The molecule has 0 radical (unpaired) electrons. The molecule has 100 valence electrons. The Bertz CT molecular complexity index is 350. The molecular weight excluding hydrogens is 236 g/mol. The number of ether oxygens (including phenoxy) is 1. The van der Waals surface area contributed by atoms with Crippen LogP contribution in [0.5, 0.6) is 0 Å². The molecule has 2 unspecified atom stereocenters. The third kappa shape index (κ3) is 3.93. The molecule has 1 saturated heterocycles. The second-order valence-electron chi connectivity index (χ2n) is 4.19. The molecule has 0 aromatic carbocycles. The second-order valence-corrected chi connectivity index (χ2v) is 4.19. The maximum absolute atomic E-state index is 11.9. The molecular formula is C12H18N2O4. The number of carbonyl (C=O) groups is 2. The fraction of sp³-hybridized carbons (Fsp3) is 0.667.